The van der Waals surface area contributed by atoms with Crippen molar-refractivity contribution in [3.05, 3.63) is 35.4 Å². The molecule has 0 saturated heterocycles. The van der Waals surface area contributed by atoms with Crippen LogP contribution in [0.1, 0.15) is 17.4 Å². The maximum Gasteiger partial charge on any atom is 0.176 e. The van der Waals surface area contributed by atoms with Gasteiger partial charge in [-0.3, -0.25) is 0 Å². The molecule has 0 saturated carbocycles. The van der Waals surface area contributed by atoms with Gasteiger partial charge in [0.05, 0.1) is 14.2 Å². The van der Waals surface area contributed by atoms with Crippen LogP contribution in [0.5, 0.6) is 5.75 Å². The fourth-order valence-corrected chi connectivity index (χ4v) is 1.76. The molecule has 2 rings (SSSR count). The van der Waals surface area contributed by atoms with E-state index in [4.69, 9.17) is 10.5 Å². The van der Waals surface area contributed by atoms with E-state index >= 15 is 0 Å². The maximum absolute atomic E-state index is 13.8. The van der Waals surface area contributed by atoms with Crippen LogP contribution < -0.4 is 10.5 Å². The van der Waals surface area contributed by atoms with E-state index in [0.29, 0.717) is 23.6 Å². The highest BCUT2D eigenvalue weighted by Crippen LogP contribution is 2.27. The minimum absolute atomic E-state index is 0.297. The van der Waals surface area contributed by atoms with Crippen molar-refractivity contribution in [1.82, 2.24) is 20.2 Å². The maximum atomic E-state index is 13.8. The van der Waals surface area contributed by atoms with Crippen molar-refractivity contribution in [3.8, 4) is 5.75 Å². The molecule has 2 N–H and O–H groups in total. The molecule has 6 nitrogen and oxygen atoms in total. The Labute approximate surface area is 104 Å². The smallest absolute Gasteiger partial charge is 0.176 e. The molecule has 0 radical (unpaired) electrons. The molecule has 1 heterocycles. The van der Waals surface area contributed by atoms with E-state index in [9.17, 15) is 4.39 Å². The summed E-state index contributed by atoms with van der Waals surface area (Å²) in [7, 11) is 3.14. The van der Waals surface area contributed by atoms with E-state index in [1.807, 2.05) is 0 Å². The fraction of sp³-hybridized carbons (Fsp3) is 0.364. The van der Waals surface area contributed by atoms with Crippen LogP contribution in [0.25, 0.3) is 0 Å². The Morgan fingerprint density at radius 3 is 2.89 bits per heavy atom. The number of nitrogens with zero attached hydrogens (tertiary/aromatic N) is 4. The lowest BCUT2D eigenvalue weighted by atomic mass is 10.0. The highest BCUT2D eigenvalue weighted by molar-refractivity contribution is 5.37. The molecule has 1 unspecified atom stereocenters. The Morgan fingerprint density at radius 1 is 1.50 bits per heavy atom. The lowest BCUT2D eigenvalue weighted by Gasteiger charge is -2.14. The van der Waals surface area contributed by atoms with Gasteiger partial charge in [-0.15, -0.1) is 10.2 Å². The second kappa shape index (κ2) is 5.09. The third-order valence-corrected chi connectivity index (χ3v) is 2.56. The van der Waals surface area contributed by atoms with Gasteiger partial charge in [-0.1, -0.05) is 6.07 Å². The SMILES string of the molecule is COc1cccc(F)c1C(N)Cc1nnn(C)n1. The number of ether oxygens (including phenoxy) is 1. The van der Waals surface area contributed by atoms with Crippen molar-refractivity contribution >= 4 is 0 Å². The molecule has 7 heteroatoms. The number of aromatic nitrogens is 4. The van der Waals surface area contributed by atoms with Crippen molar-refractivity contribution < 1.29 is 9.13 Å². The zero-order valence-electron chi connectivity index (χ0n) is 10.2. The Hall–Kier alpha value is -2.02. The quantitative estimate of drug-likeness (QED) is 0.860. The standard InChI is InChI=1S/C11H14FN5O/c1-17-15-10(14-16-17)6-8(13)11-7(12)4-3-5-9(11)18-2/h3-5,8H,6,13H2,1-2H3. The molecule has 0 amide bonds. The predicted molar refractivity (Wildman–Crippen MR) is 62.4 cm³/mol. The third kappa shape index (κ3) is 2.45. The van der Waals surface area contributed by atoms with E-state index < -0.39 is 11.9 Å². The number of benzene rings is 1. The Morgan fingerprint density at radius 2 is 2.28 bits per heavy atom. The predicted octanol–water partition coefficient (Wildman–Crippen LogP) is 0.600. The zero-order chi connectivity index (χ0) is 13.1. The van der Waals surface area contributed by atoms with Gasteiger partial charge in [-0.05, 0) is 17.3 Å². The van der Waals surface area contributed by atoms with E-state index in [1.165, 1.54) is 18.0 Å². The largest absolute Gasteiger partial charge is 0.496 e. The number of hydrogen-bond acceptors (Lipinski definition) is 5. The van der Waals surface area contributed by atoms with Crippen LogP contribution in [-0.2, 0) is 13.5 Å². The average molecular weight is 251 g/mol. The van der Waals surface area contributed by atoms with Gasteiger partial charge in [0.2, 0.25) is 0 Å². The van der Waals surface area contributed by atoms with Crippen molar-refractivity contribution in [2.45, 2.75) is 12.5 Å². The molecule has 96 valence electrons. The molecule has 1 aromatic heterocycles. The molecule has 0 spiro atoms. The van der Waals surface area contributed by atoms with E-state index in [0.717, 1.165) is 0 Å². The van der Waals surface area contributed by atoms with E-state index in [2.05, 4.69) is 15.4 Å². The molecule has 0 aliphatic carbocycles. The summed E-state index contributed by atoms with van der Waals surface area (Å²) in [5.74, 6) is 0.493. The van der Waals surface area contributed by atoms with Crippen molar-refractivity contribution in [3.63, 3.8) is 0 Å². The van der Waals surface area contributed by atoms with Crippen LogP contribution >= 0.6 is 0 Å². The third-order valence-electron chi connectivity index (χ3n) is 2.56. The first-order chi connectivity index (χ1) is 8.61. The summed E-state index contributed by atoms with van der Waals surface area (Å²) >= 11 is 0. The molecule has 18 heavy (non-hydrogen) atoms. The number of nitrogens with two attached hydrogens (primary N) is 1. The summed E-state index contributed by atoms with van der Waals surface area (Å²) in [6.45, 7) is 0. The minimum atomic E-state index is -0.578. The van der Waals surface area contributed by atoms with E-state index in [1.54, 1.807) is 19.2 Å². The second-order valence-corrected chi connectivity index (χ2v) is 3.86. The molecule has 0 aliphatic rings. The van der Waals surface area contributed by atoms with Gasteiger partial charge >= 0.3 is 0 Å². The van der Waals surface area contributed by atoms with Gasteiger partial charge in [-0.2, -0.15) is 4.80 Å². The summed E-state index contributed by atoms with van der Waals surface area (Å²) in [5, 5.41) is 11.5. The van der Waals surface area contributed by atoms with Crippen molar-refractivity contribution in [2.75, 3.05) is 7.11 Å². The lowest BCUT2D eigenvalue weighted by Crippen LogP contribution is -2.17. The van der Waals surface area contributed by atoms with Gasteiger partial charge in [0, 0.05) is 18.0 Å². The Bertz CT molecular complexity index is 542. The molecule has 1 atom stereocenters. The van der Waals surface area contributed by atoms with Gasteiger partial charge in [0.15, 0.2) is 5.82 Å². The summed E-state index contributed by atoms with van der Waals surface area (Å²) in [6.07, 6.45) is 0.297. The van der Waals surface area contributed by atoms with Crippen LogP contribution in [0.2, 0.25) is 0 Å². The highest BCUT2D eigenvalue weighted by atomic mass is 19.1. The molecule has 0 fully saturated rings. The normalized spacial score (nSPS) is 12.4. The summed E-state index contributed by atoms with van der Waals surface area (Å²) in [5.41, 5.74) is 6.30. The topological polar surface area (TPSA) is 78.9 Å². The number of tetrazole rings is 1. The van der Waals surface area contributed by atoms with Crippen molar-refractivity contribution in [1.29, 1.82) is 0 Å². The van der Waals surface area contributed by atoms with Crippen LogP contribution in [0.15, 0.2) is 18.2 Å². The lowest BCUT2D eigenvalue weighted by molar-refractivity contribution is 0.398. The van der Waals surface area contributed by atoms with Gasteiger partial charge in [0.25, 0.3) is 0 Å². The molecule has 1 aromatic carbocycles. The number of hydrogen-bond donors (Lipinski definition) is 1. The van der Waals surface area contributed by atoms with Crippen LogP contribution in [0.4, 0.5) is 4.39 Å². The first-order valence-corrected chi connectivity index (χ1v) is 5.42. The highest BCUT2D eigenvalue weighted by Gasteiger charge is 2.19. The Kier molecular flexibility index (Phi) is 3.52. The second-order valence-electron chi connectivity index (χ2n) is 3.86. The Balaban J connectivity index is 2.25. The average Bonchev–Trinajstić information content (AvgIpc) is 2.74. The monoisotopic (exact) mass is 251 g/mol. The zero-order valence-corrected chi connectivity index (χ0v) is 10.2. The van der Waals surface area contributed by atoms with Gasteiger partial charge in [0.1, 0.15) is 11.6 Å². The number of halogens is 1. The fourth-order valence-electron chi connectivity index (χ4n) is 1.76. The van der Waals surface area contributed by atoms with Crippen LogP contribution in [0.3, 0.4) is 0 Å². The molecule has 0 bridgehead atoms. The molecular formula is C11H14FN5O. The molecular weight excluding hydrogens is 237 g/mol. The number of rotatable bonds is 4. The van der Waals surface area contributed by atoms with Crippen molar-refractivity contribution in [2.24, 2.45) is 12.8 Å². The minimum Gasteiger partial charge on any atom is -0.496 e. The van der Waals surface area contributed by atoms with Crippen LogP contribution in [-0.4, -0.2) is 27.3 Å². The molecule has 2 aromatic rings. The molecule has 0 aliphatic heterocycles. The number of aryl methyl sites for hydroxylation is 1. The van der Waals surface area contributed by atoms with Crippen LogP contribution in [0, 0.1) is 5.82 Å². The number of methoxy groups -OCH3 is 1. The first-order valence-electron chi connectivity index (χ1n) is 5.42. The van der Waals surface area contributed by atoms with E-state index in [-0.39, 0.29) is 0 Å². The van der Waals surface area contributed by atoms with Gasteiger partial charge in [-0.25, -0.2) is 4.39 Å². The summed E-state index contributed by atoms with van der Waals surface area (Å²) in [4.78, 5) is 1.33. The summed E-state index contributed by atoms with van der Waals surface area (Å²) < 4.78 is 18.9. The first kappa shape index (κ1) is 12.4. The summed E-state index contributed by atoms with van der Waals surface area (Å²) in [6, 6.07) is 4.01. The van der Waals surface area contributed by atoms with Gasteiger partial charge < -0.3 is 10.5 Å².